The van der Waals surface area contributed by atoms with Crippen LogP contribution in [0.2, 0.25) is 0 Å². The van der Waals surface area contributed by atoms with E-state index in [1.165, 1.54) is 0 Å². The lowest BCUT2D eigenvalue weighted by molar-refractivity contribution is -0.831. The molecule has 2 rings (SSSR count). The smallest absolute Gasteiger partial charge is 0.0855 e. The van der Waals surface area contributed by atoms with E-state index in [1.807, 2.05) is 0 Å². The zero-order valence-corrected chi connectivity index (χ0v) is 16.1. The summed E-state index contributed by atoms with van der Waals surface area (Å²) in [6, 6.07) is 2.14. The first-order valence-electron chi connectivity index (χ1n) is 7.80. The van der Waals surface area contributed by atoms with Gasteiger partial charge in [0.05, 0.1) is 0 Å². The van der Waals surface area contributed by atoms with Gasteiger partial charge < -0.3 is 0 Å². The first kappa shape index (κ1) is 17.3. The van der Waals surface area contributed by atoms with Crippen LogP contribution in [0.15, 0.2) is 6.07 Å². The van der Waals surface area contributed by atoms with Crippen molar-refractivity contribution >= 4 is 21.7 Å². The van der Waals surface area contributed by atoms with E-state index in [1.54, 1.807) is 11.3 Å². The van der Waals surface area contributed by atoms with Crippen molar-refractivity contribution in [2.45, 2.75) is 78.6 Å². The highest BCUT2D eigenvalue weighted by Gasteiger charge is 2.37. The topological polar surface area (TPSA) is 16.8 Å². The van der Waals surface area contributed by atoms with Gasteiger partial charge in [-0.25, -0.2) is 0 Å². The molecular formula is C18H28FN2S+. The summed E-state index contributed by atoms with van der Waals surface area (Å²) in [5.41, 5.74) is 1.76. The molecule has 0 spiro atoms. The number of rotatable bonds is 0. The molecule has 0 radical (unpaired) electrons. The second-order valence-corrected chi connectivity index (χ2v) is 10.2. The van der Waals surface area contributed by atoms with Gasteiger partial charge in [-0.05, 0) is 21.3 Å². The molecule has 0 N–H and O–H groups in total. The molecule has 0 aliphatic heterocycles. The third kappa shape index (κ3) is 3.03. The van der Waals surface area contributed by atoms with Crippen molar-refractivity contribution in [2.24, 2.45) is 0 Å². The van der Waals surface area contributed by atoms with Crippen molar-refractivity contribution < 1.29 is 9.27 Å². The highest BCUT2D eigenvalue weighted by atomic mass is 32.1. The van der Waals surface area contributed by atoms with Crippen LogP contribution in [0.5, 0.6) is 0 Å². The second-order valence-electron chi connectivity index (χ2n) is 9.14. The number of nitrogens with zero attached hydrogens (tertiary/aromatic N) is 2. The van der Waals surface area contributed by atoms with E-state index < -0.39 is 0 Å². The van der Waals surface area contributed by atoms with Crippen molar-refractivity contribution in [1.29, 1.82) is 0 Å². The minimum absolute atomic E-state index is 0.0690. The summed E-state index contributed by atoms with van der Waals surface area (Å²) in [7, 11) is 0. The predicted molar refractivity (Wildman–Crippen MR) is 92.4 cm³/mol. The summed E-state index contributed by atoms with van der Waals surface area (Å²) in [4.78, 5) is 5.41. The Morgan fingerprint density at radius 3 is 1.86 bits per heavy atom. The van der Waals surface area contributed by atoms with Gasteiger partial charge in [-0.1, -0.05) is 73.7 Å². The van der Waals surface area contributed by atoms with E-state index in [2.05, 4.69) is 73.4 Å². The van der Waals surface area contributed by atoms with Crippen molar-refractivity contribution in [2.75, 3.05) is 0 Å². The molecule has 4 heteroatoms. The van der Waals surface area contributed by atoms with Gasteiger partial charge in [-0.2, -0.15) is 0 Å². The number of hydrogen-bond donors (Lipinski definition) is 0. The van der Waals surface area contributed by atoms with Crippen LogP contribution in [0.25, 0.3) is 10.3 Å². The van der Waals surface area contributed by atoms with Crippen molar-refractivity contribution in [3.63, 3.8) is 0 Å². The van der Waals surface area contributed by atoms with Gasteiger partial charge in [-0.3, -0.25) is 0 Å². The van der Waals surface area contributed by atoms with E-state index >= 15 is 4.48 Å². The number of pyridine rings is 1. The largest absolute Gasteiger partial charge is 0.377 e. The fourth-order valence-corrected chi connectivity index (χ4v) is 3.60. The molecule has 0 atom stereocenters. The first-order valence-corrected chi connectivity index (χ1v) is 8.62. The summed E-state index contributed by atoms with van der Waals surface area (Å²) < 4.78 is 16.1. The minimum Gasteiger partial charge on any atom is -0.0855 e. The Bertz CT molecular complexity index is 710. The van der Waals surface area contributed by atoms with Crippen LogP contribution in [0, 0.1) is 0 Å². The molecule has 0 fully saturated rings. The zero-order chi connectivity index (χ0) is 17.1. The normalized spacial score (nSPS) is 13.9. The number of halogens is 1. The lowest BCUT2D eigenvalue weighted by Gasteiger charge is -2.26. The molecule has 2 heterocycles. The van der Waals surface area contributed by atoms with Gasteiger partial charge in [0.1, 0.15) is 4.70 Å². The van der Waals surface area contributed by atoms with E-state index in [0.29, 0.717) is 5.65 Å². The molecule has 22 heavy (non-hydrogen) atoms. The average Bonchev–Trinajstić information content (AvgIpc) is 2.69. The highest BCUT2D eigenvalue weighted by Crippen LogP contribution is 2.37. The van der Waals surface area contributed by atoms with E-state index in [9.17, 15) is 0 Å². The fraction of sp³-hybridized carbons (Fsp3) is 0.667. The van der Waals surface area contributed by atoms with Crippen molar-refractivity contribution in [3.8, 4) is 0 Å². The Morgan fingerprint density at radius 2 is 1.45 bits per heavy atom. The lowest BCUT2D eigenvalue weighted by Crippen LogP contribution is -2.40. The maximum atomic E-state index is 15.2. The molecule has 0 unspecified atom stereocenters. The molecule has 2 aromatic rings. The fourth-order valence-electron chi connectivity index (χ4n) is 2.56. The third-order valence-electron chi connectivity index (χ3n) is 3.71. The number of fused-ring (bicyclic) bond motifs is 1. The molecule has 0 aliphatic carbocycles. The van der Waals surface area contributed by atoms with Crippen LogP contribution in [0.1, 0.15) is 78.6 Å². The average molecular weight is 324 g/mol. The van der Waals surface area contributed by atoms with Crippen LogP contribution >= 0.6 is 11.3 Å². The maximum absolute atomic E-state index is 15.2. The van der Waals surface area contributed by atoms with Crippen LogP contribution < -0.4 is 4.79 Å². The van der Waals surface area contributed by atoms with Crippen LogP contribution in [-0.4, -0.2) is 4.98 Å². The third-order valence-corrected chi connectivity index (χ3v) is 5.12. The van der Waals surface area contributed by atoms with Gasteiger partial charge in [0, 0.05) is 20.9 Å². The van der Waals surface area contributed by atoms with Gasteiger partial charge in [0.25, 0.3) is 0 Å². The predicted octanol–water partition coefficient (Wildman–Crippen LogP) is 5.21. The van der Waals surface area contributed by atoms with Crippen LogP contribution in [0.4, 0.5) is 4.48 Å². The zero-order valence-electron chi connectivity index (χ0n) is 15.3. The highest BCUT2D eigenvalue weighted by molar-refractivity contribution is 7.18. The molecule has 0 aromatic carbocycles. The SMILES string of the molecule is CC(C)(C)c1nc2c(cc(C(C)(C)C)c(C(C)(C)C)[n+]2F)s1. The summed E-state index contributed by atoms with van der Waals surface area (Å²) in [6.07, 6.45) is 0. The molecule has 0 saturated heterocycles. The Balaban J connectivity index is 2.90. The molecule has 0 saturated carbocycles. The quantitative estimate of drug-likeness (QED) is 0.650. The Hall–Kier alpha value is -1.03. The number of thiazole rings is 1. The van der Waals surface area contributed by atoms with E-state index in [-0.39, 0.29) is 16.2 Å². The Labute approximate surface area is 137 Å². The molecule has 2 aromatic heterocycles. The van der Waals surface area contributed by atoms with E-state index in [4.69, 9.17) is 0 Å². The maximum Gasteiger partial charge on any atom is 0.377 e. The van der Waals surface area contributed by atoms with Gasteiger partial charge >= 0.3 is 5.65 Å². The van der Waals surface area contributed by atoms with Crippen LogP contribution in [0.3, 0.4) is 0 Å². The number of hydrogen-bond acceptors (Lipinski definition) is 2. The second kappa shape index (κ2) is 4.98. The lowest BCUT2D eigenvalue weighted by atomic mass is 9.78. The summed E-state index contributed by atoms with van der Waals surface area (Å²) in [5, 5.41) is 0.972. The van der Waals surface area contributed by atoms with Crippen LogP contribution in [-0.2, 0) is 16.2 Å². The summed E-state index contributed by atoms with van der Waals surface area (Å²) in [5.74, 6) is 0. The van der Waals surface area contributed by atoms with Crippen molar-refractivity contribution in [3.05, 3.63) is 22.3 Å². The first-order chi connectivity index (χ1) is 9.73. The molecule has 0 aliphatic rings. The van der Waals surface area contributed by atoms with Gasteiger partial charge in [-0.15, -0.1) is 0 Å². The van der Waals surface area contributed by atoms with Crippen molar-refractivity contribution in [1.82, 2.24) is 4.98 Å². The molecule has 0 amide bonds. The van der Waals surface area contributed by atoms with Gasteiger partial charge in [0.15, 0.2) is 5.69 Å². The molecular weight excluding hydrogens is 295 g/mol. The van der Waals surface area contributed by atoms with E-state index in [0.717, 1.165) is 25.8 Å². The summed E-state index contributed by atoms with van der Waals surface area (Å²) in [6.45, 7) is 18.9. The standard InChI is InChI=1S/C18H28FN2S/c1-16(2,3)11-10-12-14(20-15(22-12)18(7,8)9)21(19)13(11)17(4,5)6/h10H,1-9H3/q+1. The molecule has 0 bridgehead atoms. The Morgan fingerprint density at radius 1 is 0.909 bits per heavy atom. The Kier molecular flexibility index (Phi) is 3.93. The molecule has 122 valence electrons. The minimum atomic E-state index is -0.281. The monoisotopic (exact) mass is 323 g/mol. The number of aromatic nitrogens is 2. The molecule has 2 nitrogen and oxygen atoms in total. The summed E-state index contributed by atoms with van der Waals surface area (Å²) >= 11 is 1.60. The van der Waals surface area contributed by atoms with Gasteiger partial charge in [0.2, 0.25) is 5.01 Å².